The third kappa shape index (κ3) is 1.38. The second kappa shape index (κ2) is 2.73. The molecule has 0 saturated carbocycles. The van der Waals surface area contributed by atoms with Gasteiger partial charge in [-0.2, -0.15) is 0 Å². The Morgan fingerprint density at radius 2 is 1.88 bits per heavy atom. The first kappa shape index (κ1) is 6.42. The Morgan fingerprint density at radius 1 is 1.25 bits per heavy atom. The predicted molar refractivity (Wildman–Crippen MR) is 39.5 cm³/mol. The summed E-state index contributed by atoms with van der Waals surface area (Å²) in [6.45, 7) is 0. The van der Waals surface area contributed by atoms with Crippen LogP contribution in [0.4, 0.5) is 0 Å². The van der Waals surface area contributed by atoms with E-state index in [2.05, 4.69) is 39.7 Å². The zero-order valence-electron chi connectivity index (χ0n) is 4.69. The van der Waals surface area contributed by atoms with Crippen LogP contribution in [0.2, 0.25) is 0 Å². The second-order valence-electron chi connectivity index (χ2n) is 1.75. The van der Waals surface area contributed by atoms with E-state index in [1.54, 1.807) is 0 Å². The van der Waals surface area contributed by atoms with Gasteiger partial charge in [0, 0.05) is 0 Å². The van der Waals surface area contributed by atoms with E-state index in [9.17, 15) is 0 Å². The van der Waals surface area contributed by atoms with Crippen LogP contribution in [0.5, 0.6) is 0 Å². The van der Waals surface area contributed by atoms with E-state index < -0.39 is 0 Å². The molecule has 0 fully saturated rings. The van der Waals surface area contributed by atoms with E-state index in [1.807, 2.05) is 18.2 Å². The SMILES string of the molecule is [Li][c]1ccccc1Br. The summed E-state index contributed by atoms with van der Waals surface area (Å²) in [5.41, 5.74) is 0. The first-order valence-electron chi connectivity index (χ1n) is 2.52. The van der Waals surface area contributed by atoms with Gasteiger partial charge in [0.25, 0.3) is 0 Å². The standard InChI is InChI=1S/C6H4Br.Li/c7-6-4-2-1-3-5-6;/h1-4H;. The Morgan fingerprint density at radius 3 is 2.25 bits per heavy atom. The van der Waals surface area contributed by atoms with Crippen LogP contribution < -0.4 is 4.24 Å². The third-order valence-electron chi connectivity index (χ3n) is 1.08. The number of benzene rings is 1. The van der Waals surface area contributed by atoms with Crippen molar-refractivity contribution >= 4 is 37.9 Å². The fraction of sp³-hybridized carbons (Fsp3) is 0. The maximum atomic E-state index is 3.40. The van der Waals surface area contributed by atoms with Crippen LogP contribution in [0.3, 0.4) is 0 Å². The molecular weight excluding hydrogens is 159 g/mol. The van der Waals surface area contributed by atoms with Crippen molar-refractivity contribution in [3.63, 3.8) is 0 Å². The molecule has 2 heteroatoms. The summed E-state index contributed by atoms with van der Waals surface area (Å²) in [5, 5.41) is 0. The summed E-state index contributed by atoms with van der Waals surface area (Å²) in [5.74, 6) is 0. The molecule has 1 aromatic rings. The van der Waals surface area contributed by atoms with Crippen molar-refractivity contribution in [3.05, 3.63) is 28.7 Å². The van der Waals surface area contributed by atoms with Gasteiger partial charge >= 0.3 is 66.6 Å². The molecule has 0 heterocycles. The van der Waals surface area contributed by atoms with E-state index in [4.69, 9.17) is 0 Å². The van der Waals surface area contributed by atoms with E-state index in [0.29, 0.717) is 0 Å². The molecule has 0 radical (unpaired) electrons. The van der Waals surface area contributed by atoms with Crippen molar-refractivity contribution in [2.75, 3.05) is 0 Å². The number of hydrogen-bond acceptors (Lipinski definition) is 0. The number of rotatable bonds is 0. The quantitative estimate of drug-likeness (QED) is 0.504. The Balaban J connectivity index is 3.13. The minimum absolute atomic E-state index is 1.18. The van der Waals surface area contributed by atoms with Crippen LogP contribution in [0, 0.1) is 0 Å². The van der Waals surface area contributed by atoms with Gasteiger partial charge in [0.05, 0.1) is 0 Å². The maximum absolute atomic E-state index is 3.40. The molecule has 0 aliphatic rings. The Labute approximate surface area is 66.6 Å². The minimum atomic E-state index is 1.18. The topological polar surface area (TPSA) is 0 Å². The van der Waals surface area contributed by atoms with Gasteiger partial charge in [-0.1, -0.05) is 0 Å². The normalized spacial score (nSPS) is 9.38. The van der Waals surface area contributed by atoms with Crippen LogP contribution in [-0.2, 0) is 0 Å². The summed E-state index contributed by atoms with van der Waals surface area (Å²) < 4.78 is 2.47. The Kier molecular flexibility index (Phi) is 2.19. The third-order valence-corrected chi connectivity index (χ3v) is 1.97. The summed E-state index contributed by atoms with van der Waals surface area (Å²) in [6, 6.07) is 8.15. The van der Waals surface area contributed by atoms with Gasteiger partial charge in [-0.25, -0.2) is 0 Å². The molecule has 0 saturated heterocycles. The van der Waals surface area contributed by atoms with Crippen LogP contribution in [0.1, 0.15) is 0 Å². The van der Waals surface area contributed by atoms with Gasteiger partial charge in [-0.15, -0.1) is 0 Å². The van der Waals surface area contributed by atoms with Crippen LogP contribution in [0.15, 0.2) is 28.7 Å². The van der Waals surface area contributed by atoms with Crippen LogP contribution in [0.25, 0.3) is 0 Å². The molecule has 0 atom stereocenters. The molecule has 1 rings (SSSR count). The monoisotopic (exact) mass is 162 g/mol. The molecule has 0 bridgehead atoms. The predicted octanol–water partition coefficient (Wildman–Crippen LogP) is 1.24. The van der Waals surface area contributed by atoms with E-state index in [0.717, 1.165) is 0 Å². The molecule has 0 aliphatic carbocycles. The fourth-order valence-electron chi connectivity index (χ4n) is 0.551. The summed E-state index contributed by atoms with van der Waals surface area (Å²) in [6.07, 6.45) is 0. The first-order chi connectivity index (χ1) is 3.80. The van der Waals surface area contributed by atoms with Crippen molar-refractivity contribution in [1.29, 1.82) is 0 Å². The number of halogens is 1. The first-order valence-corrected chi connectivity index (χ1v) is 3.31. The zero-order valence-corrected chi connectivity index (χ0v) is 6.27. The van der Waals surface area contributed by atoms with Crippen molar-refractivity contribution in [2.24, 2.45) is 0 Å². The van der Waals surface area contributed by atoms with Crippen molar-refractivity contribution < 1.29 is 0 Å². The van der Waals surface area contributed by atoms with E-state index >= 15 is 0 Å². The summed E-state index contributed by atoms with van der Waals surface area (Å²) in [7, 11) is 0. The summed E-state index contributed by atoms with van der Waals surface area (Å²) >= 11 is 5.47. The molecular formula is C6H4BrLi. The van der Waals surface area contributed by atoms with Gasteiger partial charge in [-0.05, 0) is 0 Å². The molecule has 0 unspecified atom stereocenters. The van der Waals surface area contributed by atoms with Gasteiger partial charge in [0.15, 0.2) is 0 Å². The van der Waals surface area contributed by atoms with Gasteiger partial charge < -0.3 is 0 Å². The fourth-order valence-corrected chi connectivity index (χ4v) is 0.836. The molecule has 0 amide bonds. The van der Waals surface area contributed by atoms with Gasteiger partial charge in [0.2, 0.25) is 0 Å². The molecule has 0 N–H and O–H groups in total. The molecule has 0 aromatic heterocycles. The molecule has 0 spiro atoms. The molecule has 0 aliphatic heterocycles. The Hall–Kier alpha value is 0.297. The van der Waals surface area contributed by atoms with Crippen LogP contribution >= 0.6 is 15.9 Å². The van der Waals surface area contributed by atoms with Crippen molar-refractivity contribution in [3.8, 4) is 0 Å². The van der Waals surface area contributed by atoms with Crippen LogP contribution in [-0.4, -0.2) is 17.7 Å². The summed E-state index contributed by atoms with van der Waals surface area (Å²) in [4.78, 5) is 0. The zero-order chi connectivity index (χ0) is 5.98. The van der Waals surface area contributed by atoms with E-state index in [-0.39, 0.29) is 0 Å². The molecule has 36 valence electrons. The van der Waals surface area contributed by atoms with Gasteiger partial charge in [0.1, 0.15) is 0 Å². The molecule has 1 aromatic carbocycles. The van der Waals surface area contributed by atoms with E-state index in [1.165, 1.54) is 8.71 Å². The number of hydrogen-bond donors (Lipinski definition) is 0. The molecule has 8 heavy (non-hydrogen) atoms. The average molecular weight is 163 g/mol. The van der Waals surface area contributed by atoms with Crippen molar-refractivity contribution in [2.45, 2.75) is 0 Å². The van der Waals surface area contributed by atoms with Gasteiger partial charge in [-0.3, -0.25) is 0 Å². The molecule has 0 nitrogen and oxygen atoms in total. The van der Waals surface area contributed by atoms with Crippen molar-refractivity contribution in [1.82, 2.24) is 0 Å². The Bertz CT molecular complexity index is 165. The second-order valence-corrected chi connectivity index (χ2v) is 2.60. The average Bonchev–Trinajstić information content (AvgIpc) is 1.77.